The lowest BCUT2D eigenvalue weighted by molar-refractivity contribution is -0.113. The van der Waals surface area contributed by atoms with Crippen LogP contribution in [0.3, 0.4) is 0 Å². The Kier molecular flexibility index (Phi) is 4.68. The van der Waals surface area contributed by atoms with Crippen molar-refractivity contribution in [1.29, 1.82) is 0 Å². The molecule has 0 atom stereocenters. The third-order valence-corrected chi connectivity index (χ3v) is 5.60. The molecule has 2 aromatic carbocycles. The van der Waals surface area contributed by atoms with Gasteiger partial charge in [-0.25, -0.2) is 0 Å². The monoisotopic (exact) mass is 393 g/mol. The minimum absolute atomic E-state index is 0.0173. The molecule has 6 heteroatoms. The van der Waals surface area contributed by atoms with Crippen LogP contribution in [0.4, 0.5) is 5.69 Å². The third-order valence-electron chi connectivity index (χ3n) is 4.30. The molecule has 0 radical (unpaired) electrons. The molecule has 0 aromatic heterocycles. The molecule has 2 aromatic rings. The Morgan fingerprint density at radius 3 is 2.67 bits per heavy atom. The second-order valence-corrected chi connectivity index (χ2v) is 7.84. The molecule has 0 aliphatic carbocycles. The zero-order chi connectivity index (χ0) is 19.0. The van der Waals surface area contributed by atoms with Crippen LogP contribution in [-0.2, 0) is 4.79 Å². The molecular formula is C21H15NO3S2. The first kappa shape index (κ1) is 17.7. The van der Waals surface area contributed by atoms with E-state index in [0.29, 0.717) is 27.1 Å². The molecule has 2 aliphatic rings. The molecule has 0 N–H and O–H groups in total. The minimum atomic E-state index is -0.166. The van der Waals surface area contributed by atoms with Crippen LogP contribution in [0.1, 0.15) is 22.8 Å². The first-order valence-electron chi connectivity index (χ1n) is 8.34. The number of nitrogens with zero attached hydrogens (tertiary/aromatic N) is 1. The molecule has 4 nitrogen and oxygen atoms in total. The lowest BCUT2D eigenvalue weighted by atomic mass is 10.1. The number of thioether (sulfide) groups is 1. The van der Waals surface area contributed by atoms with Crippen LogP contribution < -0.4 is 9.64 Å². The number of rotatable bonds is 3. The number of carbonyl (C=O) groups is 2. The van der Waals surface area contributed by atoms with Crippen molar-refractivity contribution in [3.63, 3.8) is 0 Å². The molecule has 27 heavy (non-hydrogen) atoms. The number of ketones is 1. The maximum absolute atomic E-state index is 12.9. The Morgan fingerprint density at radius 1 is 1.19 bits per heavy atom. The van der Waals surface area contributed by atoms with Crippen molar-refractivity contribution >= 4 is 51.8 Å². The van der Waals surface area contributed by atoms with Gasteiger partial charge in [-0.15, -0.1) is 0 Å². The van der Waals surface area contributed by atoms with Gasteiger partial charge in [0.1, 0.15) is 12.4 Å². The van der Waals surface area contributed by atoms with E-state index in [9.17, 15) is 9.59 Å². The van der Waals surface area contributed by atoms with Crippen LogP contribution in [0.5, 0.6) is 5.75 Å². The summed E-state index contributed by atoms with van der Waals surface area (Å²) in [5.41, 5.74) is 3.17. The molecule has 2 heterocycles. The lowest BCUT2D eigenvalue weighted by Crippen LogP contribution is -2.27. The first-order valence-corrected chi connectivity index (χ1v) is 9.57. The summed E-state index contributed by atoms with van der Waals surface area (Å²) >= 11 is 6.67. The van der Waals surface area contributed by atoms with Crippen molar-refractivity contribution < 1.29 is 14.3 Å². The third kappa shape index (κ3) is 3.46. The summed E-state index contributed by atoms with van der Waals surface area (Å²) in [5.74, 6) is 0.657. The van der Waals surface area contributed by atoms with Gasteiger partial charge in [0.25, 0.3) is 5.91 Å². The number of fused-ring (bicyclic) bond motifs is 1. The van der Waals surface area contributed by atoms with Gasteiger partial charge in [-0.1, -0.05) is 42.2 Å². The average molecular weight is 393 g/mol. The number of Topliss-reactive ketones (excluding diaryl/α,β-unsaturated/α-hetero) is 1. The number of benzene rings is 2. The number of para-hydroxylation sites is 1. The highest BCUT2D eigenvalue weighted by Gasteiger charge is 2.33. The van der Waals surface area contributed by atoms with Gasteiger partial charge in [-0.2, -0.15) is 0 Å². The standard InChI is InChI=1S/C21H15NO3S2/c1-13(23)15-6-8-17(9-7-15)22-20(24)19(27-21(22)26)11-14-10-16-4-2-3-5-18(16)25-12-14/h2-11H,12H2,1H3. The summed E-state index contributed by atoms with van der Waals surface area (Å²) in [6.45, 7) is 1.92. The van der Waals surface area contributed by atoms with Crippen LogP contribution in [-0.4, -0.2) is 22.6 Å². The van der Waals surface area contributed by atoms with Crippen LogP contribution in [0.15, 0.2) is 65.1 Å². The molecule has 2 aliphatic heterocycles. The number of anilines is 1. The predicted octanol–water partition coefficient (Wildman–Crippen LogP) is 4.61. The number of hydrogen-bond acceptors (Lipinski definition) is 5. The molecule has 134 valence electrons. The van der Waals surface area contributed by atoms with Crippen LogP contribution >= 0.6 is 24.0 Å². The predicted molar refractivity (Wildman–Crippen MR) is 112 cm³/mol. The van der Waals surface area contributed by atoms with Gasteiger partial charge in [0.15, 0.2) is 10.1 Å². The van der Waals surface area contributed by atoms with Crippen molar-refractivity contribution in [1.82, 2.24) is 0 Å². The first-order chi connectivity index (χ1) is 13.0. The molecule has 1 amide bonds. The normalized spacial score (nSPS) is 17.6. The summed E-state index contributed by atoms with van der Waals surface area (Å²) < 4.78 is 6.22. The van der Waals surface area contributed by atoms with Crippen molar-refractivity contribution in [2.75, 3.05) is 11.5 Å². The second-order valence-electron chi connectivity index (χ2n) is 6.17. The molecule has 0 spiro atoms. The number of hydrogen-bond donors (Lipinski definition) is 0. The van der Waals surface area contributed by atoms with E-state index in [1.165, 1.54) is 23.6 Å². The van der Waals surface area contributed by atoms with Crippen molar-refractivity contribution in [3.8, 4) is 5.75 Å². The smallest absolute Gasteiger partial charge is 0.270 e. The molecule has 0 unspecified atom stereocenters. The van der Waals surface area contributed by atoms with Crippen molar-refractivity contribution in [3.05, 3.63) is 76.2 Å². The van der Waals surface area contributed by atoms with Gasteiger partial charge in [-0.05, 0) is 55.0 Å². The van der Waals surface area contributed by atoms with Gasteiger partial charge < -0.3 is 4.74 Å². The molecule has 0 saturated carbocycles. The second kappa shape index (κ2) is 7.13. The van der Waals surface area contributed by atoms with Gasteiger partial charge >= 0.3 is 0 Å². The number of amides is 1. The van der Waals surface area contributed by atoms with E-state index in [2.05, 4.69) is 0 Å². The largest absolute Gasteiger partial charge is 0.488 e. The zero-order valence-electron chi connectivity index (χ0n) is 14.5. The molecule has 1 fully saturated rings. The maximum atomic E-state index is 12.9. The van der Waals surface area contributed by atoms with E-state index in [1.807, 2.05) is 36.4 Å². The molecular weight excluding hydrogens is 378 g/mol. The summed E-state index contributed by atoms with van der Waals surface area (Å²) in [6.07, 6.45) is 3.85. The van der Waals surface area contributed by atoms with Crippen molar-refractivity contribution in [2.45, 2.75) is 6.92 Å². The highest BCUT2D eigenvalue weighted by atomic mass is 32.2. The summed E-state index contributed by atoms with van der Waals surface area (Å²) in [4.78, 5) is 26.4. The van der Waals surface area contributed by atoms with E-state index in [-0.39, 0.29) is 11.7 Å². The Labute approximate surface area is 166 Å². The quantitative estimate of drug-likeness (QED) is 0.433. The fraction of sp³-hybridized carbons (Fsp3) is 0.0952. The Morgan fingerprint density at radius 2 is 1.93 bits per heavy atom. The van der Waals surface area contributed by atoms with E-state index in [1.54, 1.807) is 24.3 Å². The summed E-state index contributed by atoms with van der Waals surface area (Å²) in [6, 6.07) is 14.7. The van der Waals surface area contributed by atoms with Gasteiger partial charge in [0, 0.05) is 11.1 Å². The fourth-order valence-electron chi connectivity index (χ4n) is 2.92. The summed E-state index contributed by atoms with van der Waals surface area (Å²) in [5, 5.41) is 0. The molecule has 0 bridgehead atoms. The van der Waals surface area contributed by atoms with E-state index in [0.717, 1.165) is 16.9 Å². The number of ether oxygens (including phenoxy) is 1. The Balaban J connectivity index is 1.61. The van der Waals surface area contributed by atoms with Gasteiger partial charge in [-0.3, -0.25) is 14.5 Å². The number of carbonyl (C=O) groups excluding carboxylic acids is 2. The minimum Gasteiger partial charge on any atom is -0.488 e. The number of thiocarbonyl (C=S) groups is 1. The van der Waals surface area contributed by atoms with Crippen LogP contribution in [0, 0.1) is 0 Å². The molecule has 4 rings (SSSR count). The average Bonchev–Trinajstić information content (AvgIpc) is 2.95. The van der Waals surface area contributed by atoms with Gasteiger partial charge in [0.2, 0.25) is 0 Å². The molecule has 1 saturated heterocycles. The van der Waals surface area contributed by atoms with Crippen LogP contribution in [0.2, 0.25) is 0 Å². The van der Waals surface area contributed by atoms with Crippen LogP contribution in [0.25, 0.3) is 6.08 Å². The highest BCUT2D eigenvalue weighted by Crippen LogP contribution is 2.36. The fourth-order valence-corrected chi connectivity index (χ4v) is 4.24. The highest BCUT2D eigenvalue weighted by molar-refractivity contribution is 8.27. The Hall–Kier alpha value is -2.70. The lowest BCUT2D eigenvalue weighted by Gasteiger charge is -2.16. The van der Waals surface area contributed by atoms with Crippen molar-refractivity contribution in [2.24, 2.45) is 0 Å². The van der Waals surface area contributed by atoms with E-state index >= 15 is 0 Å². The zero-order valence-corrected chi connectivity index (χ0v) is 16.1. The van der Waals surface area contributed by atoms with Gasteiger partial charge in [0.05, 0.1) is 10.6 Å². The van der Waals surface area contributed by atoms with E-state index in [4.69, 9.17) is 17.0 Å². The topological polar surface area (TPSA) is 46.6 Å². The summed E-state index contributed by atoms with van der Waals surface area (Å²) in [7, 11) is 0. The maximum Gasteiger partial charge on any atom is 0.270 e. The van der Waals surface area contributed by atoms with E-state index < -0.39 is 0 Å². The Bertz CT molecular complexity index is 1020. The SMILES string of the molecule is CC(=O)c1ccc(N2C(=O)C(=CC3=Cc4ccccc4OC3)SC2=S)cc1.